The van der Waals surface area contributed by atoms with E-state index in [4.69, 9.17) is 0 Å². The zero-order chi connectivity index (χ0) is 19.5. The minimum atomic E-state index is -0.0789. The second-order valence-corrected chi connectivity index (χ2v) is 8.90. The lowest BCUT2D eigenvalue weighted by Crippen LogP contribution is -2.40. The van der Waals surface area contributed by atoms with Gasteiger partial charge in [0.2, 0.25) is 11.8 Å². The van der Waals surface area contributed by atoms with Gasteiger partial charge >= 0.3 is 0 Å². The summed E-state index contributed by atoms with van der Waals surface area (Å²) in [6, 6.07) is 0. The van der Waals surface area contributed by atoms with E-state index in [-0.39, 0.29) is 47.6 Å². The zero-order valence-electron chi connectivity index (χ0n) is 17.4. The van der Waals surface area contributed by atoms with Crippen molar-refractivity contribution >= 4 is 41.8 Å². The monoisotopic (exact) mass is 514 g/mol. The van der Waals surface area contributed by atoms with E-state index >= 15 is 0 Å². The van der Waals surface area contributed by atoms with Crippen LogP contribution in [0.1, 0.15) is 51.4 Å². The fraction of sp³-hybridized carbons (Fsp3) is 0.773. The molecule has 162 valence electrons. The molecular weight excluding hydrogens is 479 g/mol. The highest BCUT2D eigenvalue weighted by molar-refractivity contribution is 14.0. The molecule has 4 aliphatic rings. The van der Waals surface area contributed by atoms with E-state index in [1.165, 1.54) is 43.4 Å². The Morgan fingerprint density at radius 2 is 1.62 bits per heavy atom. The first-order valence-corrected chi connectivity index (χ1v) is 11.2. The molecule has 2 amide bonds. The Labute approximate surface area is 191 Å². The average molecular weight is 514 g/mol. The summed E-state index contributed by atoms with van der Waals surface area (Å²) in [4.78, 5) is 31.1. The van der Waals surface area contributed by atoms with Gasteiger partial charge in [-0.25, -0.2) is 0 Å². The van der Waals surface area contributed by atoms with Crippen LogP contribution in [0, 0.1) is 29.6 Å². The van der Waals surface area contributed by atoms with Gasteiger partial charge in [-0.15, -0.1) is 24.0 Å². The number of hydrogen-bond acceptors (Lipinski definition) is 3. The minimum Gasteiger partial charge on any atom is -0.356 e. The Hall–Kier alpha value is -1.12. The Balaban J connectivity index is 0.00000240. The number of carbonyl (C=O) groups is 2. The molecule has 0 radical (unpaired) electrons. The summed E-state index contributed by atoms with van der Waals surface area (Å²) in [5.41, 5.74) is 0. The number of nitrogens with one attached hydrogen (secondary N) is 2. The Morgan fingerprint density at radius 1 is 1.03 bits per heavy atom. The fourth-order valence-electron chi connectivity index (χ4n) is 5.75. The van der Waals surface area contributed by atoms with Crippen LogP contribution in [0.4, 0.5) is 0 Å². The Morgan fingerprint density at radius 3 is 2.21 bits per heavy atom. The number of halogens is 1. The van der Waals surface area contributed by atoms with Crippen LogP contribution in [0.25, 0.3) is 0 Å². The Kier molecular flexibility index (Phi) is 7.99. The van der Waals surface area contributed by atoms with Gasteiger partial charge in [-0.05, 0) is 43.4 Å². The molecule has 2 saturated carbocycles. The topological polar surface area (TPSA) is 73.8 Å². The van der Waals surface area contributed by atoms with Crippen LogP contribution < -0.4 is 10.6 Å². The summed E-state index contributed by atoms with van der Waals surface area (Å²) < 4.78 is 0. The number of rotatable bonds is 8. The van der Waals surface area contributed by atoms with Crippen molar-refractivity contribution in [2.75, 3.05) is 26.7 Å². The van der Waals surface area contributed by atoms with Crippen LogP contribution in [-0.2, 0) is 9.59 Å². The van der Waals surface area contributed by atoms with Gasteiger partial charge in [0.25, 0.3) is 0 Å². The number of allylic oxidation sites excluding steroid dienone is 2. The van der Waals surface area contributed by atoms with Gasteiger partial charge in [-0.1, -0.05) is 37.8 Å². The molecule has 0 aromatic rings. The van der Waals surface area contributed by atoms with E-state index < -0.39 is 0 Å². The summed E-state index contributed by atoms with van der Waals surface area (Å²) in [7, 11) is 1.78. The molecule has 0 spiro atoms. The third-order valence-electron chi connectivity index (χ3n) is 7.19. The third-order valence-corrected chi connectivity index (χ3v) is 7.19. The number of amides is 2. The molecular formula is C22H35IN4O2. The van der Waals surface area contributed by atoms with Gasteiger partial charge in [0.05, 0.1) is 11.8 Å². The molecule has 1 saturated heterocycles. The first-order valence-electron chi connectivity index (χ1n) is 11.2. The number of nitrogens with zero attached hydrogens (tertiary/aromatic N) is 2. The SMILES string of the molecule is CN=C(NCCCC1CCCC1)NCCCN1C(=O)C2C3C=CC(C3)C2C1=O.I. The number of aliphatic imine (C=N–C) groups is 1. The standard InChI is InChI=1S/C22H34N4O2.HI/c1-23-22(24-11-4-8-15-6-2-3-7-15)25-12-5-13-26-20(27)18-16-9-10-17(14-16)19(18)21(26)28;/h9-10,15-19H,2-8,11-14H2,1H3,(H2,23,24,25);1H. The van der Waals surface area contributed by atoms with E-state index in [1.807, 2.05) is 0 Å². The van der Waals surface area contributed by atoms with Crippen molar-refractivity contribution in [3.63, 3.8) is 0 Å². The van der Waals surface area contributed by atoms with Crippen molar-refractivity contribution in [2.45, 2.75) is 51.4 Å². The quantitative estimate of drug-likeness (QED) is 0.131. The molecule has 4 rings (SSSR count). The molecule has 2 N–H and O–H groups in total. The molecule has 6 nitrogen and oxygen atoms in total. The minimum absolute atomic E-state index is 0. The van der Waals surface area contributed by atoms with Crippen molar-refractivity contribution < 1.29 is 9.59 Å². The average Bonchev–Trinajstić information content (AvgIpc) is 3.48. The lowest BCUT2D eigenvalue weighted by atomic mass is 9.85. The van der Waals surface area contributed by atoms with E-state index in [9.17, 15) is 9.59 Å². The normalized spacial score (nSPS) is 30.8. The molecule has 7 heteroatoms. The molecule has 4 atom stereocenters. The highest BCUT2D eigenvalue weighted by Gasteiger charge is 2.58. The maximum atomic E-state index is 12.7. The maximum absolute atomic E-state index is 12.7. The number of fused-ring (bicyclic) bond motifs is 5. The van der Waals surface area contributed by atoms with E-state index in [1.54, 1.807) is 7.05 Å². The van der Waals surface area contributed by atoms with E-state index in [0.717, 1.165) is 31.3 Å². The van der Waals surface area contributed by atoms with Crippen LogP contribution in [0.3, 0.4) is 0 Å². The predicted molar refractivity (Wildman–Crippen MR) is 125 cm³/mol. The molecule has 4 unspecified atom stereocenters. The van der Waals surface area contributed by atoms with Gasteiger partial charge in [-0.2, -0.15) is 0 Å². The highest BCUT2D eigenvalue weighted by Crippen LogP contribution is 2.52. The van der Waals surface area contributed by atoms with E-state index in [2.05, 4.69) is 27.8 Å². The van der Waals surface area contributed by atoms with Crippen LogP contribution in [-0.4, -0.2) is 49.4 Å². The number of guanidine groups is 1. The Bertz CT molecular complexity index is 629. The number of carbonyl (C=O) groups excluding carboxylic acids is 2. The molecule has 0 aromatic carbocycles. The molecule has 3 aliphatic carbocycles. The van der Waals surface area contributed by atoms with Gasteiger partial charge in [0, 0.05) is 26.7 Å². The largest absolute Gasteiger partial charge is 0.356 e. The number of hydrogen-bond donors (Lipinski definition) is 2. The maximum Gasteiger partial charge on any atom is 0.233 e. The van der Waals surface area contributed by atoms with Crippen LogP contribution in [0.15, 0.2) is 17.1 Å². The predicted octanol–water partition coefficient (Wildman–Crippen LogP) is 2.94. The second kappa shape index (κ2) is 10.3. The van der Waals surface area contributed by atoms with Gasteiger partial charge < -0.3 is 10.6 Å². The zero-order valence-corrected chi connectivity index (χ0v) is 19.8. The summed E-state index contributed by atoms with van der Waals surface area (Å²) in [6.45, 7) is 2.16. The lowest BCUT2D eigenvalue weighted by molar-refractivity contribution is -0.140. The molecule has 2 bridgehead atoms. The number of imide groups is 1. The van der Waals surface area contributed by atoms with Crippen molar-refractivity contribution in [2.24, 2.45) is 34.6 Å². The van der Waals surface area contributed by atoms with E-state index in [0.29, 0.717) is 24.9 Å². The highest BCUT2D eigenvalue weighted by atomic mass is 127. The molecule has 29 heavy (non-hydrogen) atoms. The molecule has 3 fully saturated rings. The van der Waals surface area contributed by atoms with Crippen LogP contribution in [0.5, 0.6) is 0 Å². The molecule has 1 aliphatic heterocycles. The number of likely N-dealkylation sites (tertiary alicyclic amines) is 1. The first kappa shape index (κ1) is 22.6. The lowest BCUT2D eigenvalue weighted by Gasteiger charge is -2.18. The third kappa shape index (κ3) is 4.80. The summed E-state index contributed by atoms with van der Waals surface area (Å²) in [5, 5.41) is 6.68. The summed E-state index contributed by atoms with van der Waals surface area (Å²) in [5.74, 6) is 2.28. The molecule has 1 heterocycles. The van der Waals surface area contributed by atoms with Gasteiger partial charge in [-0.3, -0.25) is 19.5 Å². The van der Waals surface area contributed by atoms with Gasteiger partial charge in [0.15, 0.2) is 5.96 Å². The smallest absolute Gasteiger partial charge is 0.233 e. The second-order valence-electron chi connectivity index (χ2n) is 8.90. The fourth-order valence-corrected chi connectivity index (χ4v) is 5.75. The summed E-state index contributed by atoms with van der Waals surface area (Å²) in [6.07, 6.45) is 14.1. The van der Waals surface area contributed by atoms with Crippen LogP contribution >= 0.6 is 24.0 Å². The van der Waals surface area contributed by atoms with Crippen molar-refractivity contribution in [1.29, 1.82) is 0 Å². The van der Waals surface area contributed by atoms with Crippen molar-refractivity contribution in [3.05, 3.63) is 12.2 Å². The molecule has 0 aromatic heterocycles. The van der Waals surface area contributed by atoms with Gasteiger partial charge in [0.1, 0.15) is 0 Å². The van der Waals surface area contributed by atoms with Crippen molar-refractivity contribution in [3.8, 4) is 0 Å². The van der Waals surface area contributed by atoms with Crippen molar-refractivity contribution in [1.82, 2.24) is 15.5 Å². The summed E-state index contributed by atoms with van der Waals surface area (Å²) >= 11 is 0. The van der Waals surface area contributed by atoms with Crippen LogP contribution in [0.2, 0.25) is 0 Å². The first-order chi connectivity index (χ1) is 13.7.